The molecule has 1 unspecified atom stereocenters. The molecule has 1 heterocycles. The van der Waals surface area contributed by atoms with E-state index in [0.717, 1.165) is 12.6 Å². The molecule has 3 amide bonds. The Bertz CT molecular complexity index is 1130. The van der Waals surface area contributed by atoms with Gasteiger partial charge in [0.05, 0.1) is 26.0 Å². The van der Waals surface area contributed by atoms with Crippen LogP contribution in [0.5, 0.6) is 11.5 Å². The first-order valence-corrected chi connectivity index (χ1v) is 10.8. The molecule has 0 aliphatic carbocycles. The predicted molar refractivity (Wildman–Crippen MR) is 124 cm³/mol. The van der Waals surface area contributed by atoms with Gasteiger partial charge in [-0.1, -0.05) is 12.1 Å². The summed E-state index contributed by atoms with van der Waals surface area (Å²) >= 11 is 0. The number of hydrogen-bond acceptors (Lipinski definition) is 5. The lowest BCUT2D eigenvalue weighted by Gasteiger charge is -2.22. The van der Waals surface area contributed by atoms with Crippen LogP contribution in [0.2, 0.25) is 0 Å². The molecule has 11 heteroatoms. The standard InChI is InChI=1S/C24H27F3N4O4/c1-14-10-17-11-19(34-4)20(35-5)12-18(17)21(29-31(14)23(33)28-2)15-6-8-16(9-7-15)22(32)30(3)13-24(25,26)27/h6-9,11-12,14H,10,13H2,1-5H3,(H,28,33). The number of carbonyl (C=O) groups excluding carboxylic acids is 2. The van der Waals surface area contributed by atoms with Crippen molar-refractivity contribution in [2.24, 2.45) is 5.10 Å². The summed E-state index contributed by atoms with van der Waals surface area (Å²) in [5.41, 5.74) is 2.67. The van der Waals surface area contributed by atoms with E-state index in [-0.39, 0.29) is 11.6 Å². The van der Waals surface area contributed by atoms with Crippen LogP contribution in [0.1, 0.15) is 34.0 Å². The zero-order valence-electron chi connectivity index (χ0n) is 20.1. The minimum Gasteiger partial charge on any atom is -0.493 e. The Morgan fingerprint density at radius 2 is 1.74 bits per heavy atom. The smallest absolute Gasteiger partial charge is 0.406 e. The second-order valence-corrected chi connectivity index (χ2v) is 8.12. The average Bonchev–Trinajstić information content (AvgIpc) is 2.96. The molecule has 0 fully saturated rings. The molecule has 1 aliphatic heterocycles. The topological polar surface area (TPSA) is 83.5 Å². The van der Waals surface area contributed by atoms with E-state index in [2.05, 4.69) is 10.4 Å². The summed E-state index contributed by atoms with van der Waals surface area (Å²) in [5.74, 6) is 0.240. The van der Waals surface area contributed by atoms with Crippen LogP contribution in [0, 0.1) is 0 Å². The monoisotopic (exact) mass is 492 g/mol. The second-order valence-electron chi connectivity index (χ2n) is 8.12. The molecule has 0 saturated heterocycles. The van der Waals surface area contributed by atoms with Crippen molar-refractivity contribution in [3.63, 3.8) is 0 Å². The number of hydrogen-bond donors (Lipinski definition) is 1. The Morgan fingerprint density at radius 3 is 2.29 bits per heavy atom. The Balaban J connectivity index is 2.08. The summed E-state index contributed by atoms with van der Waals surface area (Å²) in [6.45, 7) is 0.509. The van der Waals surface area contributed by atoms with Gasteiger partial charge in [-0.25, -0.2) is 9.80 Å². The fraction of sp³-hybridized carbons (Fsp3) is 0.375. The van der Waals surface area contributed by atoms with Gasteiger partial charge in [-0.05, 0) is 43.2 Å². The van der Waals surface area contributed by atoms with Crippen molar-refractivity contribution in [1.29, 1.82) is 0 Å². The van der Waals surface area contributed by atoms with Crippen molar-refractivity contribution >= 4 is 17.6 Å². The number of amides is 3. The first kappa shape index (κ1) is 25.9. The van der Waals surface area contributed by atoms with E-state index >= 15 is 0 Å². The third-order valence-electron chi connectivity index (χ3n) is 5.60. The van der Waals surface area contributed by atoms with Gasteiger partial charge in [0.15, 0.2) is 11.5 Å². The highest BCUT2D eigenvalue weighted by Crippen LogP contribution is 2.34. The fourth-order valence-corrected chi connectivity index (χ4v) is 3.88. The van der Waals surface area contributed by atoms with Crippen LogP contribution in [0.3, 0.4) is 0 Å². The number of methoxy groups -OCH3 is 2. The number of urea groups is 1. The molecule has 1 atom stereocenters. The Labute approximate surface area is 201 Å². The number of carbonyl (C=O) groups is 2. The van der Waals surface area contributed by atoms with Crippen LogP contribution in [0.4, 0.5) is 18.0 Å². The second kappa shape index (κ2) is 10.2. The minimum absolute atomic E-state index is 0.0961. The van der Waals surface area contributed by atoms with Gasteiger partial charge < -0.3 is 19.7 Å². The van der Waals surface area contributed by atoms with Crippen LogP contribution < -0.4 is 14.8 Å². The molecule has 1 N–H and O–H groups in total. The molecule has 2 aromatic rings. The van der Waals surface area contributed by atoms with Crippen molar-refractivity contribution < 1.29 is 32.2 Å². The summed E-state index contributed by atoms with van der Waals surface area (Å²) < 4.78 is 48.9. The van der Waals surface area contributed by atoms with E-state index in [1.165, 1.54) is 38.4 Å². The van der Waals surface area contributed by atoms with Crippen molar-refractivity contribution in [3.05, 3.63) is 58.7 Å². The highest BCUT2D eigenvalue weighted by molar-refractivity contribution is 6.15. The number of nitrogens with one attached hydrogen (secondary N) is 1. The Hall–Kier alpha value is -3.76. The maximum Gasteiger partial charge on any atom is 0.406 e. The molecule has 0 saturated carbocycles. The fourth-order valence-electron chi connectivity index (χ4n) is 3.88. The quantitative estimate of drug-likeness (QED) is 0.691. The minimum atomic E-state index is -4.50. The summed E-state index contributed by atoms with van der Waals surface area (Å²) in [6.07, 6.45) is -4.02. The Kier molecular flexibility index (Phi) is 7.57. The van der Waals surface area contributed by atoms with E-state index in [9.17, 15) is 22.8 Å². The number of nitrogens with zero attached hydrogens (tertiary/aromatic N) is 3. The third kappa shape index (κ3) is 5.67. The molecule has 1 aliphatic rings. The van der Waals surface area contributed by atoms with E-state index in [0.29, 0.717) is 39.7 Å². The van der Waals surface area contributed by atoms with Crippen LogP contribution >= 0.6 is 0 Å². The Morgan fingerprint density at radius 1 is 1.14 bits per heavy atom. The average molecular weight is 492 g/mol. The van der Waals surface area contributed by atoms with Gasteiger partial charge in [-0.15, -0.1) is 0 Å². The molecule has 35 heavy (non-hydrogen) atoms. The molecule has 0 radical (unpaired) electrons. The van der Waals surface area contributed by atoms with Gasteiger partial charge in [-0.3, -0.25) is 4.79 Å². The van der Waals surface area contributed by atoms with Crippen molar-refractivity contribution in [3.8, 4) is 11.5 Å². The normalized spacial score (nSPS) is 15.5. The van der Waals surface area contributed by atoms with Crippen molar-refractivity contribution in [1.82, 2.24) is 15.2 Å². The predicted octanol–water partition coefficient (Wildman–Crippen LogP) is 3.68. The number of alkyl halides is 3. The highest BCUT2D eigenvalue weighted by atomic mass is 19.4. The zero-order valence-corrected chi connectivity index (χ0v) is 20.1. The molecular weight excluding hydrogens is 465 g/mol. The SMILES string of the molecule is CNC(=O)N1N=C(c2ccc(C(=O)N(C)CC(F)(F)F)cc2)c2cc(OC)c(OC)cc2CC1C. The van der Waals surface area contributed by atoms with Crippen molar-refractivity contribution in [2.45, 2.75) is 25.6 Å². The summed E-state index contributed by atoms with van der Waals surface area (Å²) in [4.78, 5) is 25.6. The molecule has 0 aromatic heterocycles. The van der Waals surface area contributed by atoms with Crippen LogP contribution in [-0.4, -0.2) is 74.6 Å². The molecular formula is C24H27F3N4O4. The van der Waals surface area contributed by atoms with Gasteiger partial charge in [0.25, 0.3) is 5.91 Å². The molecule has 8 nitrogen and oxygen atoms in total. The van der Waals surface area contributed by atoms with E-state index < -0.39 is 24.7 Å². The molecule has 0 bridgehead atoms. The molecule has 2 aromatic carbocycles. The van der Waals surface area contributed by atoms with E-state index in [4.69, 9.17) is 9.47 Å². The number of halogens is 3. The van der Waals surface area contributed by atoms with E-state index in [1.807, 2.05) is 13.0 Å². The largest absolute Gasteiger partial charge is 0.493 e. The molecule has 0 spiro atoms. The third-order valence-corrected chi connectivity index (χ3v) is 5.60. The molecule has 188 valence electrons. The van der Waals surface area contributed by atoms with E-state index in [1.54, 1.807) is 18.2 Å². The maximum absolute atomic E-state index is 12.7. The van der Waals surface area contributed by atoms with Crippen LogP contribution in [-0.2, 0) is 6.42 Å². The lowest BCUT2D eigenvalue weighted by Crippen LogP contribution is -2.41. The number of ether oxygens (including phenoxy) is 2. The van der Waals surface area contributed by atoms with Gasteiger partial charge in [0, 0.05) is 30.8 Å². The van der Waals surface area contributed by atoms with Gasteiger partial charge >= 0.3 is 12.2 Å². The summed E-state index contributed by atoms with van der Waals surface area (Å²) in [6, 6.07) is 8.96. The first-order valence-electron chi connectivity index (χ1n) is 10.8. The van der Waals surface area contributed by atoms with Gasteiger partial charge in [-0.2, -0.15) is 18.3 Å². The number of fused-ring (bicyclic) bond motifs is 1. The number of benzene rings is 2. The molecule has 3 rings (SSSR count). The zero-order chi connectivity index (χ0) is 25.9. The lowest BCUT2D eigenvalue weighted by molar-refractivity contribution is -0.138. The van der Waals surface area contributed by atoms with Gasteiger partial charge in [0.1, 0.15) is 6.54 Å². The maximum atomic E-state index is 12.7. The van der Waals surface area contributed by atoms with Crippen LogP contribution in [0.25, 0.3) is 0 Å². The lowest BCUT2D eigenvalue weighted by atomic mass is 9.93. The number of hydrazone groups is 1. The van der Waals surface area contributed by atoms with Gasteiger partial charge in [0.2, 0.25) is 0 Å². The van der Waals surface area contributed by atoms with Crippen molar-refractivity contribution in [2.75, 3.05) is 34.9 Å². The number of rotatable bonds is 5. The summed E-state index contributed by atoms with van der Waals surface area (Å²) in [5, 5.41) is 8.54. The first-order chi connectivity index (χ1) is 16.5. The van der Waals surface area contributed by atoms with Crippen LogP contribution in [0.15, 0.2) is 41.5 Å². The summed E-state index contributed by atoms with van der Waals surface area (Å²) in [7, 11) is 5.64. The highest BCUT2D eigenvalue weighted by Gasteiger charge is 2.32.